The van der Waals surface area contributed by atoms with Gasteiger partial charge < -0.3 is 15.8 Å². The molecular formula is C13H20N2O2. The Morgan fingerprint density at radius 1 is 1.41 bits per heavy atom. The van der Waals surface area contributed by atoms with Crippen LogP contribution in [0.3, 0.4) is 0 Å². The van der Waals surface area contributed by atoms with Gasteiger partial charge in [0.25, 0.3) is 0 Å². The van der Waals surface area contributed by atoms with Crippen molar-refractivity contribution in [3.05, 3.63) is 35.9 Å². The molecule has 0 saturated heterocycles. The molecule has 0 aliphatic carbocycles. The lowest BCUT2D eigenvalue weighted by Gasteiger charge is -2.17. The minimum atomic E-state index is -0.610. The number of hydrogen-bond donors (Lipinski definition) is 2. The lowest BCUT2D eigenvalue weighted by atomic mass is 10.1. The van der Waals surface area contributed by atoms with Gasteiger partial charge in [-0.2, -0.15) is 0 Å². The molecule has 2 atom stereocenters. The first-order chi connectivity index (χ1) is 8.15. The normalized spacial score (nSPS) is 14.1. The van der Waals surface area contributed by atoms with E-state index in [4.69, 9.17) is 10.5 Å². The van der Waals surface area contributed by atoms with Gasteiger partial charge in [0.2, 0.25) is 5.91 Å². The third-order valence-corrected chi connectivity index (χ3v) is 2.58. The molecule has 1 aromatic carbocycles. The van der Waals surface area contributed by atoms with Gasteiger partial charge in [-0.3, -0.25) is 4.79 Å². The number of ether oxygens (including phenoxy) is 1. The second-order valence-corrected chi connectivity index (χ2v) is 4.08. The van der Waals surface area contributed by atoms with Gasteiger partial charge in [0.05, 0.1) is 0 Å². The highest BCUT2D eigenvalue weighted by Crippen LogP contribution is 2.09. The molecule has 0 aliphatic rings. The van der Waals surface area contributed by atoms with E-state index >= 15 is 0 Å². The molecule has 94 valence electrons. The maximum atomic E-state index is 11.8. The molecule has 4 nitrogen and oxygen atoms in total. The maximum absolute atomic E-state index is 11.8. The van der Waals surface area contributed by atoms with Crippen molar-refractivity contribution in [1.82, 2.24) is 5.32 Å². The van der Waals surface area contributed by atoms with Gasteiger partial charge in [-0.05, 0) is 18.9 Å². The van der Waals surface area contributed by atoms with Crippen LogP contribution in [0.4, 0.5) is 0 Å². The van der Waals surface area contributed by atoms with Crippen molar-refractivity contribution in [2.75, 3.05) is 13.7 Å². The number of nitrogens with two attached hydrogens (primary N) is 1. The molecule has 0 heterocycles. The average molecular weight is 236 g/mol. The van der Waals surface area contributed by atoms with Crippen LogP contribution < -0.4 is 11.1 Å². The summed E-state index contributed by atoms with van der Waals surface area (Å²) in [6, 6.07) is 8.80. The minimum Gasteiger partial charge on any atom is -0.385 e. The first-order valence-corrected chi connectivity index (χ1v) is 5.75. The summed E-state index contributed by atoms with van der Waals surface area (Å²) in [4.78, 5) is 11.8. The Morgan fingerprint density at radius 2 is 2.06 bits per heavy atom. The zero-order chi connectivity index (χ0) is 12.7. The van der Waals surface area contributed by atoms with Crippen LogP contribution in [0.25, 0.3) is 0 Å². The molecule has 4 heteroatoms. The fraction of sp³-hybridized carbons (Fsp3) is 0.462. The van der Waals surface area contributed by atoms with Gasteiger partial charge in [-0.25, -0.2) is 0 Å². The van der Waals surface area contributed by atoms with Crippen LogP contribution in [0, 0.1) is 0 Å². The number of methoxy groups -OCH3 is 1. The summed E-state index contributed by atoms with van der Waals surface area (Å²) in [5, 5.41) is 2.87. The molecule has 0 bridgehead atoms. The van der Waals surface area contributed by atoms with Crippen molar-refractivity contribution in [3.8, 4) is 0 Å². The summed E-state index contributed by atoms with van der Waals surface area (Å²) in [6.45, 7) is 2.57. The molecule has 0 saturated carbocycles. The Bertz CT molecular complexity index is 341. The molecule has 1 aromatic rings. The van der Waals surface area contributed by atoms with E-state index < -0.39 is 6.04 Å². The quantitative estimate of drug-likeness (QED) is 0.780. The van der Waals surface area contributed by atoms with Crippen LogP contribution in [0.2, 0.25) is 0 Å². The second kappa shape index (κ2) is 7.04. The summed E-state index contributed by atoms with van der Waals surface area (Å²) in [6.07, 6.45) is 0.781. The number of hydrogen-bond acceptors (Lipinski definition) is 3. The predicted molar refractivity (Wildman–Crippen MR) is 67.5 cm³/mol. The lowest BCUT2D eigenvalue weighted by molar-refractivity contribution is -0.123. The van der Waals surface area contributed by atoms with Gasteiger partial charge in [-0.1, -0.05) is 30.3 Å². The minimum absolute atomic E-state index is 0.0669. The van der Waals surface area contributed by atoms with Crippen molar-refractivity contribution < 1.29 is 9.53 Å². The van der Waals surface area contributed by atoms with Crippen LogP contribution >= 0.6 is 0 Å². The van der Waals surface area contributed by atoms with Gasteiger partial charge in [-0.15, -0.1) is 0 Å². The Kier molecular flexibility index (Phi) is 5.66. The van der Waals surface area contributed by atoms with Gasteiger partial charge >= 0.3 is 0 Å². The van der Waals surface area contributed by atoms with E-state index in [0.717, 1.165) is 12.0 Å². The fourth-order valence-corrected chi connectivity index (χ4v) is 1.51. The van der Waals surface area contributed by atoms with Gasteiger partial charge in [0.1, 0.15) is 6.04 Å². The first kappa shape index (κ1) is 13.7. The van der Waals surface area contributed by atoms with E-state index in [-0.39, 0.29) is 11.9 Å². The molecule has 0 radical (unpaired) electrons. The lowest BCUT2D eigenvalue weighted by Crippen LogP contribution is -2.39. The molecule has 1 amide bonds. The van der Waals surface area contributed by atoms with Crippen molar-refractivity contribution in [2.45, 2.75) is 25.4 Å². The van der Waals surface area contributed by atoms with Crippen LogP contribution in [-0.4, -0.2) is 25.7 Å². The zero-order valence-corrected chi connectivity index (χ0v) is 10.3. The highest BCUT2D eigenvalue weighted by molar-refractivity contribution is 5.83. The maximum Gasteiger partial charge on any atom is 0.241 e. The summed E-state index contributed by atoms with van der Waals surface area (Å²) in [5.74, 6) is -0.153. The van der Waals surface area contributed by atoms with E-state index in [1.807, 2.05) is 37.3 Å². The van der Waals surface area contributed by atoms with Crippen LogP contribution in [0.1, 0.15) is 24.9 Å². The van der Waals surface area contributed by atoms with E-state index in [9.17, 15) is 4.79 Å². The predicted octanol–water partition coefficient (Wildman–Crippen LogP) is 1.23. The number of rotatable bonds is 6. The van der Waals surface area contributed by atoms with Gasteiger partial charge in [0, 0.05) is 19.8 Å². The third-order valence-electron chi connectivity index (χ3n) is 2.58. The van der Waals surface area contributed by atoms with E-state index in [1.54, 1.807) is 7.11 Å². The molecule has 3 N–H and O–H groups in total. The molecule has 0 spiro atoms. The third kappa shape index (κ3) is 4.54. The van der Waals surface area contributed by atoms with Crippen LogP contribution in [0.5, 0.6) is 0 Å². The standard InChI is InChI=1S/C13H20N2O2/c1-10(8-9-17-2)15-13(16)12(14)11-6-4-3-5-7-11/h3-7,10,12H,8-9,14H2,1-2H3,(H,15,16). The Morgan fingerprint density at radius 3 is 2.65 bits per heavy atom. The average Bonchev–Trinajstić information content (AvgIpc) is 2.36. The molecule has 0 aliphatic heterocycles. The molecular weight excluding hydrogens is 216 g/mol. The Hall–Kier alpha value is -1.39. The summed E-state index contributed by atoms with van der Waals surface area (Å²) in [5.41, 5.74) is 6.70. The summed E-state index contributed by atoms with van der Waals surface area (Å²) in [7, 11) is 1.64. The van der Waals surface area contributed by atoms with Crippen LogP contribution in [-0.2, 0) is 9.53 Å². The SMILES string of the molecule is COCCC(C)NC(=O)C(N)c1ccccc1. The molecule has 17 heavy (non-hydrogen) atoms. The monoisotopic (exact) mass is 236 g/mol. The van der Waals surface area contributed by atoms with Crippen molar-refractivity contribution in [3.63, 3.8) is 0 Å². The highest BCUT2D eigenvalue weighted by atomic mass is 16.5. The highest BCUT2D eigenvalue weighted by Gasteiger charge is 2.16. The van der Waals surface area contributed by atoms with E-state index in [0.29, 0.717) is 6.61 Å². The summed E-state index contributed by atoms with van der Waals surface area (Å²) < 4.78 is 4.96. The molecule has 1 rings (SSSR count). The number of carbonyl (C=O) groups excluding carboxylic acids is 1. The largest absolute Gasteiger partial charge is 0.385 e. The van der Waals surface area contributed by atoms with Gasteiger partial charge in [0.15, 0.2) is 0 Å². The molecule has 0 aromatic heterocycles. The van der Waals surface area contributed by atoms with Crippen LogP contribution in [0.15, 0.2) is 30.3 Å². The summed E-state index contributed by atoms with van der Waals surface area (Å²) >= 11 is 0. The number of carbonyl (C=O) groups is 1. The molecule has 0 fully saturated rings. The van der Waals surface area contributed by atoms with Crippen molar-refractivity contribution in [1.29, 1.82) is 0 Å². The number of amides is 1. The Balaban J connectivity index is 2.47. The fourth-order valence-electron chi connectivity index (χ4n) is 1.51. The van der Waals surface area contributed by atoms with E-state index in [2.05, 4.69) is 5.32 Å². The molecule has 2 unspecified atom stereocenters. The Labute approximate surface area is 102 Å². The topological polar surface area (TPSA) is 64.3 Å². The van der Waals surface area contributed by atoms with Crippen molar-refractivity contribution >= 4 is 5.91 Å². The van der Waals surface area contributed by atoms with Crippen molar-refractivity contribution in [2.24, 2.45) is 5.73 Å². The first-order valence-electron chi connectivity index (χ1n) is 5.75. The second-order valence-electron chi connectivity index (χ2n) is 4.08. The smallest absolute Gasteiger partial charge is 0.241 e. The van der Waals surface area contributed by atoms with E-state index in [1.165, 1.54) is 0 Å². The number of benzene rings is 1. The number of nitrogens with one attached hydrogen (secondary N) is 1. The zero-order valence-electron chi connectivity index (χ0n) is 10.3.